The van der Waals surface area contributed by atoms with Crippen molar-refractivity contribution in [2.24, 2.45) is 13.0 Å². The minimum Gasteiger partial charge on any atom is -0.316 e. The van der Waals surface area contributed by atoms with Crippen LogP contribution in [0.2, 0.25) is 0 Å². The number of hydrogen-bond donors (Lipinski definition) is 1. The minimum absolute atomic E-state index is 1.04. The monoisotopic (exact) mass is 193 g/mol. The van der Waals surface area contributed by atoms with Crippen molar-refractivity contribution in [2.45, 2.75) is 25.7 Å². The maximum Gasteiger partial charge on any atom is 0.0637 e. The summed E-state index contributed by atoms with van der Waals surface area (Å²) in [6.07, 6.45) is 7.33. The van der Waals surface area contributed by atoms with Crippen LogP contribution in [0.3, 0.4) is 0 Å². The quantitative estimate of drug-likeness (QED) is 0.691. The van der Waals surface area contributed by atoms with Gasteiger partial charge in [-0.3, -0.25) is 4.68 Å². The first-order valence-electron chi connectivity index (χ1n) is 5.54. The van der Waals surface area contributed by atoms with Crippen LogP contribution in [0, 0.1) is 5.92 Å². The van der Waals surface area contributed by atoms with Gasteiger partial charge in [-0.1, -0.05) is 12.8 Å². The average Bonchev–Trinajstić information content (AvgIpc) is 2.89. The predicted molar refractivity (Wildman–Crippen MR) is 57.1 cm³/mol. The first-order chi connectivity index (χ1) is 6.84. The predicted octanol–water partition coefficient (Wildman–Crippen LogP) is 1.35. The van der Waals surface area contributed by atoms with E-state index in [2.05, 4.69) is 16.5 Å². The molecule has 1 saturated carbocycles. The molecule has 1 heterocycles. The van der Waals surface area contributed by atoms with E-state index in [4.69, 9.17) is 0 Å². The van der Waals surface area contributed by atoms with Crippen LogP contribution >= 0.6 is 0 Å². The highest BCUT2D eigenvalue weighted by molar-refractivity contribution is 4.98. The standard InChI is InChI=1S/C11H19N3/c1-14-9-6-11(13-14)5-8-12-7-4-10-2-3-10/h6,9-10,12H,2-5,7-8H2,1H3. The summed E-state index contributed by atoms with van der Waals surface area (Å²) in [6.45, 7) is 2.24. The summed E-state index contributed by atoms with van der Waals surface area (Å²) in [5.41, 5.74) is 1.19. The zero-order chi connectivity index (χ0) is 9.80. The van der Waals surface area contributed by atoms with E-state index in [9.17, 15) is 0 Å². The van der Waals surface area contributed by atoms with Crippen LogP contribution in [0.4, 0.5) is 0 Å². The Morgan fingerprint density at radius 3 is 3.00 bits per heavy atom. The fourth-order valence-electron chi connectivity index (χ4n) is 1.65. The minimum atomic E-state index is 1.04. The van der Waals surface area contributed by atoms with E-state index >= 15 is 0 Å². The Morgan fingerprint density at radius 2 is 2.36 bits per heavy atom. The molecule has 0 bridgehead atoms. The second kappa shape index (κ2) is 4.60. The van der Waals surface area contributed by atoms with E-state index in [1.54, 1.807) is 0 Å². The molecule has 0 spiro atoms. The van der Waals surface area contributed by atoms with Gasteiger partial charge in [0.25, 0.3) is 0 Å². The van der Waals surface area contributed by atoms with Crippen molar-refractivity contribution in [3.63, 3.8) is 0 Å². The average molecular weight is 193 g/mol. The van der Waals surface area contributed by atoms with Gasteiger partial charge < -0.3 is 5.32 Å². The molecule has 0 saturated heterocycles. The molecule has 1 fully saturated rings. The molecule has 0 amide bonds. The lowest BCUT2D eigenvalue weighted by Gasteiger charge is -2.01. The number of hydrogen-bond acceptors (Lipinski definition) is 2. The molecule has 1 aliphatic carbocycles. The highest BCUT2D eigenvalue weighted by Gasteiger charge is 2.19. The van der Waals surface area contributed by atoms with E-state index < -0.39 is 0 Å². The molecule has 1 aromatic heterocycles. The van der Waals surface area contributed by atoms with Gasteiger partial charge in [0.1, 0.15) is 0 Å². The van der Waals surface area contributed by atoms with Crippen molar-refractivity contribution in [3.8, 4) is 0 Å². The first-order valence-corrected chi connectivity index (χ1v) is 5.54. The van der Waals surface area contributed by atoms with Gasteiger partial charge in [-0.2, -0.15) is 5.10 Å². The third-order valence-corrected chi connectivity index (χ3v) is 2.75. The lowest BCUT2D eigenvalue weighted by Crippen LogP contribution is -2.19. The largest absolute Gasteiger partial charge is 0.316 e. The second-order valence-corrected chi connectivity index (χ2v) is 4.21. The molecular formula is C11H19N3. The summed E-state index contributed by atoms with van der Waals surface area (Å²) >= 11 is 0. The molecule has 1 N–H and O–H groups in total. The van der Waals surface area contributed by atoms with Crippen LogP contribution in [0.1, 0.15) is 25.0 Å². The van der Waals surface area contributed by atoms with Gasteiger partial charge >= 0.3 is 0 Å². The lowest BCUT2D eigenvalue weighted by molar-refractivity contribution is 0.607. The third-order valence-electron chi connectivity index (χ3n) is 2.75. The molecule has 1 aliphatic rings. The Morgan fingerprint density at radius 1 is 1.50 bits per heavy atom. The molecule has 3 nitrogen and oxygen atoms in total. The number of nitrogens with zero attached hydrogens (tertiary/aromatic N) is 2. The Bertz CT molecular complexity index is 276. The second-order valence-electron chi connectivity index (χ2n) is 4.21. The molecule has 0 atom stereocenters. The molecule has 78 valence electrons. The number of aryl methyl sites for hydroxylation is 1. The summed E-state index contributed by atoms with van der Waals surface area (Å²) in [4.78, 5) is 0. The van der Waals surface area contributed by atoms with Gasteiger partial charge in [-0.15, -0.1) is 0 Å². The molecule has 0 unspecified atom stereocenters. The normalized spacial score (nSPS) is 16.1. The molecule has 0 aromatic carbocycles. The molecule has 0 radical (unpaired) electrons. The maximum atomic E-state index is 4.33. The third kappa shape index (κ3) is 3.14. The summed E-state index contributed by atoms with van der Waals surface area (Å²) in [7, 11) is 1.96. The van der Waals surface area contributed by atoms with Gasteiger partial charge in [-0.25, -0.2) is 0 Å². The van der Waals surface area contributed by atoms with Crippen LogP contribution in [0.25, 0.3) is 0 Å². The van der Waals surface area contributed by atoms with Crippen molar-refractivity contribution >= 4 is 0 Å². The Hall–Kier alpha value is -0.830. The fourth-order valence-corrected chi connectivity index (χ4v) is 1.65. The van der Waals surface area contributed by atoms with E-state index in [0.717, 1.165) is 18.9 Å². The maximum absolute atomic E-state index is 4.33. The van der Waals surface area contributed by atoms with Crippen molar-refractivity contribution in [1.82, 2.24) is 15.1 Å². The molecule has 1 aromatic rings. The Kier molecular flexibility index (Phi) is 3.19. The topological polar surface area (TPSA) is 29.9 Å². The van der Waals surface area contributed by atoms with E-state index in [1.165, 1.54) is 31.5 Å². The molecular weight excluding hydrogens is 174 g/mol. The van der Waals surface area contributed by atoms with Crippen molar-refractivity contribution < 1.29 is 0 Å². The van der Waals surface area contributed by atoms with Crippen LogP contribution in [0.5, 0.6) is 0 Å². The summed E-state index contributed by atoms with van der Waals surface area (Å²) in [5.74, 6) is 1.04. The van der Waals surface area contributed by atoms with E-state index in [1.807, 2.05) is 17.9 Å². The molecule has 0 aliphatic heterocycles. The zero-order valence-corrected chi connectivity index (χ0v) is 8.87. The molecule has 2 rings (SSSR count). The highest BCUT2D eigenvalue weighted by Crippen LogP contribution is 2.31. The fraction of sp³-hybridized carbons (Fsp3) is 0.727. The summed E-state index contributed by atoms with van der Waals surface area (Å²) in [6, 6.07) is 2.09. The van der Waals surface area contributed by atoms with E-state index in [-0.39, 0.29) is 0 Å². The first kappa shape index (κ1) is 9.71. The van der Waals surface area contributed by atoms with Gasteiger partial charge in [0.15, 0.2) is 0 Å². The van der Waals surface area contributed by atoms with Crippen LogP contribution < -0.4 is 5.32 Å². The van der Waals surface area contributed by atoms with Gasteiger partial charge in [0.2, 0.25) is 0 Å². The Labute approximate surface area is 85.5 Å². The van der Waals surface area contributed by atoms with Crippen LogP contribution in [-0.4, -0.2) is 22.9 Å². The SMILES string of the molecule is Cn1ccc(CCNCCC2CC2)n1. The molecule has 3 heteroatoms. The summed E-state index contributed by atoms with van der Waals surface area (Å²) in [5, 5.41) is 7.80. The highest BCUT2D eigenvalue weighted by atomic mass is 15.2. The van der Waals surface area contributed by atoms with Gasteiger partial charge in [-0.05, 0) is 24.9 Å². The van der Waals surface area contributed by atoms with E-state index in [0.29, 0.717) is 0 Å². The van der Waals surface area contributed by atoms with Gasteiger partial charge in [0.05, 0.1) is 5.69 Å². The van der Waals surface area contributed by atoms with Crippen LogP contribution in [0.15, 0.2) is 12.3 Å². The number of rotatable bonds is 6. The number of aromatic nitrogens is 2. The smallest absolute Gasteiger partial charge is 0.0637 e. The van der Waals surface area contributed by atoms with Crippen LogP contribution in [-0.2, 0) is 13.5 Å². The van der Waals surface area contributed by atoms with Crippen molar-refractivity contribution in [3.05, 3.63) is 18.0 Å². The van der Waals surface area contributed by atoms with Crippen molar-refractivity contribution in [1.29, 1.82) is 0 Å². The number of nitrogens with one attached hydrogen (secondary N) is 1. The van der Waals surface area contributed by atoms with Gasteiger partial charge in [0, 0.05) is 26.2 Å². The van der Waals surface area contributed by atoms with Crippen molar-refractivity contribution in [2.75, 3.05) is 13.1 Å². The zero-order valence-electron chi connectivity index (χ0n) is 8.87. The Balaban J connectivity index is 1.53. The molecule has 14 heavy (non-hydrogen) atoms. The lowest BCUT2D eigenvalue weighted by atomic mass is 10.3. The summed E-state index contributed by atoms with van der Waals surface area (Å²) < 4.78 is 1.86.